The number of carbonyl (C=O) groups is 1. The van der Waals surface area contributed by atoms with Gasteiger partial charge in [0.15, 0.2) is 0 Å². The van der Waals surface area contributed by atoms with Gasteiger partial charge < -0.3 is 4.90 Å². The summed E-state index contributed by atoms with van der Waals surface area (Å²) < 4.78 is 28.4. The number of piperidine rings is 2. The second-order valence-electron chi connectivity index (χ2n) is 9.62. The molecule has 4 rings (SSSR count). The average Bonchev–Trinajstić information content (AvgIpc) is 2.73. The Morgan fingerprint density at radius 3 is 2.33 bits per heavy atom. The third-order valence-electron chi connectivity index (χ3n) is 7.56. The number of benzene rings is 1. The number of hydrogen-bond donors (Lipinski definition) is 0. The highest BCUT2D eigenvalue weighted by Crippen LogP contribution is 2.45. The first-order chi connectivity index (χ1) is 14.2. The van der Waals surface area contributed by atoms with E-state index in [0.717, 1.165) is 51.5 Å². The number of amides is 1. The molecule has 2 aliphatic heterocycles. The Morgan fingerprint density at radius 1 is 1.00 bits per heavy atom. The first-order valence-corrected chi connectivity index (χ1v) is 12.7. The fraction of sp³-hybridized carbons (Fsp3) is 0.696. The van der Waals surface area contributed by atoms with Crippen molar-refractivity contribution in [3.8, 4) is 0 Å². The molecule has 2 saturated heterocycles. The van der Waals surface area contributed by atoms with Crippen LogP contribution in [-0.4, -0.2) is 75.2 Å². The predicted octanol–water partition coefficient (Wildman–Crippen LogP) is 2.52. The lowest BCUT2D eigenvalue weighted by Gasteiger charge is -2.52. The minimum Gasteiger partial charge on any atom is -0.347 e. The Morgan fingerprint density at radius 2 is 1.67 bits per heavy atom. The summed E-state index contributed by atoms with van der Waals surface area (Å²) in [5.74, 6) is 0.142. The standard InChI is InChI=1S/C23H35N3O3S/c1-24(2)22(27)21-23(11-6-14-25(21)3)12-15-26(16-13-23)30(28,29)20-10-9-18-7-4-5-8-19(18)17-20/h9-10,17,21H,4-8,11-16H2,1-3H3. The third-order valence-corrected chi connectivity index (χ3v) is 9.45. The molecule has 1 atom stereocenters. The lowest BCUT2D eigenvalue weighted by molar-refractivity contribution is -0.143. The molecule has 1 aliphatic carbocycles. The molecule has 166 valence electrons. The highest BCUT2D eigenvalue weighted by Gasteiger charge is 2.50. The number of rotatable bonds is 3. The molecular weight excluding hydrogens is 398 g/mol. The molecular formula is C23H35N3O3S. The van der Waals surface area contributed by atoms with Crippen LogP contribution in [0.3, 0.4) is 0 Å². The molecule has 1 spiro atoms. The molecule has 7 heteroatoms. The van der Waals surface area contributed by atoms with Crippen LogP contribution in [0.1, 0.15) is 49.7 Å². The molecule has 0 N–H and O–H groups in total. The van der Waals surface area contributed by atoms with Crippen LogP contribution < -0.4 is 0 Å². The number of aryl methyl sites for hydroxylation is 2. The Balaban J connectivity index is 1.54. The van der Waals surface area contributed by atoms with Gasteiger partial charge in [0.05, 0.1) is 10.9 Å². The Bertz CT molecular complexity index is 904. The highest BCUT2D eigenvalue weighted by atomic mass is 32.2. The second kappa shape index (κ2) is 8.24. The van der Waals surface area contributed by atoms with Crippen LogP contribution >= 0.6 is 0 Å². The van der Waals surface area contributed by atoms with Crippen molar-refractivity contribution in [2.45, 2.75) is 62.3 Å². The molecule has 1 aromatic carbocycles. The Hall–Kier alpha value is -1.44. The topological polar surface area (TPSA) is 60.9 Å². The van der Waals surface area contributed by atoms with Gasteiger partial charge in [0.25, 0.3) is 0 Å². The van der Waals surface area contributed by atoms with Crippen LogP contribution in [0.15, 0.2) is 23.1 Å². The number of fused-ring (bicyclic) bond motifs is 1. The van der Waals surface area contributed by atoms with Crippen LogP contribution in [0, 0.1) is 5.41 Å². The second-order valence-corrected chi connectivity index (χ2v) is 11.6. The van der Waals surface area contributed by atoms with E-state index in [1.165, 1.54) is 17.5 Å². The van der Waals surface area contributed by atoms with Gasteiger partial charge >= 0.3 is 0 Å². The van der Waals surface area contributed by atoms with Gasteiger partial charge in [0.2, 0.25) is 15.9 Å². The largest absolute Gasteiger partial charge is 0.347 e. The van der Waals surface area contributed by atoms with Crippen LogP contribution in [-0.2, 0) is 27.7 Å². The zero-order chi connectivity index (χ0) is 21.5. The summed E-state index contributed by atoms with van der Waals surface area (Å²) in [5.41, 5.74) is 2.37. The maximum absolute atomic E-state index is 13.4. The smallest absolute Gasteiger partial charge is 0.243 e. The van der Waals surface area contributed by atoms with Crippen molar-refractivity contribution < 1.29 is 13.2 Å². The van der Waals surface area contributed by atoms with Crippen LogP contribution in [0.4, 0.5) is 0 Å². The first-order valence-electron chi connectivity index (χ1n) is 11.3. The normalized spacial score (nSPS) is 25.1. The zero-order valence-electron chi connectivity index (χ0n) is 18.6. The number of carbonyl (C=O) groups excluding carboxylic acids is 1. The summed E-state index contributed by atoms with van der Waals surface area (Å²) in [4.78, 5) is 17.3. The number of likely N-dealkylation sites (N-methyl/N-ethyl adjacent to an activating group) is 2. The van der Waals surface area contributed by atoms with E-state index >= 15 is 0 Å². The lowest BCUT2D eigenvalue weighted by atomic mass is 9.67. The molecule has 0 radical (unpaired) electrons. The molecule has 2 fully saturated rings. The zero-order valence-corrected chi connectivity index (χ0v) is 19.4. The van der Waals surface area contributed by atoms with Crippen molar-refractivity contribution in [2.75, 3.05) is 40.8 Å². The van der Waals surface area contributed by atoms with Crippen LogP contribution in [0.2, 0.25) is 0 Å². The van der Waals surface area contributed by atoms with E-state index in [1.54, 1.807) is 15.3 Å². The Labute approximate surface area is 181 Å². The highest BCUT2D eigenvalue weighted by molar-refractivity contribution is 7.89. The average molecular weight is 434 g/mol. The van der Waals surface area contributed by atoms with Crippen LogP contribution in [0.5, 0.6) is 0 Å². The molecule has 30 heavy (non-hydrogen) atoms. The fourth-order valence-electron chi connectivity index (χ4n) is 5.82. The maximum atomic E-state index is 13.4. The first kappa shape index (κ1) is 21.8. The molecule has 1 unspecified atom stereocenters. The van der Waals surface area contributed by atoms with Gasteiger partial charge in [-0.3, -0.25) is 9.69 Å². The summed E-state index contributed by atoms with van der Waals surface area (Å²) in [6.45, 7) is 1.90. The predicted molar refractivity (Wildman–Crippen MR) is 118 cm³/mol. The quantitative estimate of drug-likeness (QED) is 0.735. The molecule has 0 bridgehead atoms. The summed E-state index contributed by atoms with van der Waals surface area (Å²) in [6, 6.07) is 5.54. The van der Waals surface area contributed by atoms with Crippen molar-refractivity contribution in [3.05, 3.63) is 29.3 Å². The number of nitrogens with zero attached hydrogens (tertiary/aromatic N) is 3. The molecule has 1 aromatic rings. The van der Waals surface area contributed by atoms with Crippen LogP contribution in [0.25, 0.3) is 0 Å². The van der Waals surface area contributed by atoms with E-state index < -0.39 is 10.0 Å². The monoisotopic (exact) mass is 433 g/mol. The fourth-order valence-corrected chi connectivity index (χ4v) is 7.32. The molecule has 2 heterocycles. The van der Waals surface area contributed by atoms with E-state index in [0.29, 0.717) is 18.0 Å². The molecule has 6 nitrogen and oxygen atoms in total. The van der Waals surface area contributed by atoms with Crippen molar-refractivity contribution in [1.29, 1.82) is 0 Å². The van der Waals surface area contributed by atoms with E-state index in [1.807, 2.05) is 33.3 Å². The van der Waals surface area contributed by atoms with Gasteiger partial charge in [-0.25, -0.2) is 8.42 Å². The SMILES string of the molecule is CN(C)C(=O)C1N(C)CCCC12CCN(S(=O)(=O)c1ccc3c(c1)CCCC3)CC2. The van der Waals surface area contributed by atoms with E-state index in [9.17, 15) is 13.2 Å². The van der Waals surface area contributed by atoms with Gasteiger partial charge in [-0.05, 0) is 93.6 Å². The molecule has 1 amide bonds. The van der Waals surface area contributed by atoms with Crippen molar-refractivity contribution in [2.24, 2.45) is 5.41 Å². The van der Waals surface area contributed by atoms with Gasteiger partial charge in [0, 0.05) is 27.2 Å². The van der Waals surface area contributed by atoms with Gasteiger partial charge in [0.1, 0.15) is 0 Å². The van der Waals surface area contributed by atoms with E-state index in [2.05, 4.69) is 4.90 Å². The van der Waals surface area contributed by atoms with Gasteiger partial charge in [-0.15, -0.1) is 0 Å². The maximum Gasteiger partial charge on any atom is 0.243 e. The molecule has 0 aromatic heterocycles. The van der Waals surface area contributed by atoms with E-state index in [-0.39, 0.29) is 17.4 Å². The summed E-state index contributed by atoms with van der Waals surface area (Å²) in [5, 5.41) is 0. The van der Waals surface area contributed by atoms with Gasteiger partial charge in [-0.2, -0.15) is 4.31 Å². The van der Waals surface area contributed by atoms with Crippen molar-refractivity contribution >= 4 is 15.9 Å². The third kappa shape index (κ3) is 3.80. The van der Waals surface area contributed by atoms with Crippen molar-refractivity contribution in [1.82, 2.24) is 14.1 Å². The summed E-state index contributed by atoms with van der Waals surface area (Å²) >= 11 is 0. The summed E-state index contributed by atoms with van der Waals surface area (Å²) in [6.07, 6.45) is 7.89. The van der Waals surface area contributed by atoms with Crippen molar-refractivity contribution in [3.63, 3.8) is 0 Å². The molecule has 3 aliphatic rings. The lowest BCUT2D eigenvalue weighted by Crippen LogP contribution is -2.61. The number of sulfonamides is 1. The van der Waals surface area contributed by atoms with Gasteiger partial charge in [-0.1, -0.05) is 6.07 Å². The summed E-state index contributed by atoms with van der Waals surface area (Å²) in [7, 11) is 2.16. The minimum absolute atomic E-state index is 0.129. The number of hydrogen-bond acceptors (Lipinski definition) is 4. The van der Waals surface area contributed by atoms with E-state index in [4.69, 9.17) is 0 Å². The minimum atomic E-state index is -3.49. The number of likely N-dealkylation sites (tertiary alicyclic amines) is 1. The Kier molecular flexibility index (Phi) is 5.99. The molecule has 0 saturated carbocycles.